The first-order valence-electron chi connectivity index (χ1n) is 9.25. The average molecular weight is 377 g/mol. The van der Waals surface area contributed by atoms with Gasteiger partial charge in [-0.25, -0.2) is 4.68 Å². The van der Waals surface area contributed by atoms with Crippen molar-refractivity contribution in [3.05, 3.63) is 71.0 Å². The van der Waals surface area contributed by atoms with E-state index in [1.807, 2.05) is 54.3 Å². The lowest BCUT2D eigenvalue weighted by Gasteiger charge is -2.29. The second-order valence-corrected chi connectivity index (χ2v) is 6.84. The third kappa shape index (κ3) is 3.11. The van der Waals surface area contributed by atoms with Gasteiger partial charge in [0.1, 0.15) is 0 Å². The van der Waals surface area contributed by atoms with Crippen LogP contribution in [0.2, 0.25) is 0 Å². The Kier molecular flexibility index (Phi) is 4.77. The molecular weight excluding hydrogens is 354 g/mol. The molecule has 0 aliphatic carbocycles. The van der Waals surface area contributed by atoms with Crippen LogP contribution in [0.15, 0.2) is 48.7 Å². The number of ether oxygens (including phenoxy) is 2. The van der Waals surface area contributed by atoms with Crippen molar-refractivity contribution in [2.24, 2.45) is 0 Å². The van der Waals surface area contributed by atoms with Crippen molar-refractivity contribution < 1.29 is 14.3 Å². The number of carbonyl (C=O) groups is 1. The molecule has 3 aromatic rings. The number of hydrogen-bond donors (Lipinski definition) is 0. The highest BCUT2D eigenvalue weighted by Gasteiger charge is 2.26. The van der Waals surface area contributed by atoms with Gasteiger partial charge in [0, 0.05) is 13.1 Å². The minimum atomic E-state index is 0.000107. The molecule has 0 atom stereocenters. The zero-order chi connectivity index (χ0) is 19.7. The fourth-order valence-corrected chi connectivity index (χ4v) is 3.68. The summed E-state index contributed by atoms with van der Waals surface area (Å²) in [6.45, 7) is 3.14. The predicted octanol–water partition coefficient (Wildman–Crippen LogP) is 3.40. The molecule has 4 rings (SSSR count). The minimum absolute atomic E-state index is 0.000107. The normalized spacial score (nSPS) is 13.2. The standard InChI is InChI=1S/C22H23N3O3/c1-15-19(13-23-25(15)18-7-5-4-6-8-18)22(26)24-10-9-16-11-20(27-2)21(28-3)12-17(16)14-24/h4-8,11-13H,9-10,14H2,1-3H3. The summed E-state index contributed by atoms with van der Waals surface area (Å²) < 4.78 is 12.6. The molecule has 6 nitrogen and oxygen atoms in total. The van der Waals surface area contributed by atoms with E-state index in [0.717, 1.165) is 29.1 Å². The van der Waals surface area contributed by atoms with Gasteiger partial charge in [0.15, 0.2) is 11.5 Å². The van der Waals surface area contributed by atoms with Crippen LogP contribution in [0.1, 0.15) is 27.2 Å². The lowest BCUT2D eigenvalue weighted by molar-refractivity contribution is 0.0733. The zero-order valence-electron chi connectivity index (χ0n) is 16.3. The molecule has 2 heterocycles. The molecule has 1 aromatic heterocycles. The molecule has 0 fully saturated rings. The van der Waals surface area contributed by atoms with E-state index in [-0.39, 0.29) is 5.91 Å². The first kappa shape index (κ1) is 18.1. The molecule has 1 amide bonds. The van der Waals surface area contributed by atoms with Gasteiger partial charge in [0.25, 0.3) is 5.91 Å². The van der Waals surface area contributed by atoms with Gasteiger partial charge in [0.05, 0.1) is 37.4 Å². The van der Waals surface area contributed by atoms with Crippen LogP contribution in [0.3, 0.4) is 0 Å². The topological polar surface area (TPSA) is 56.6 Å². The first-order chi connectivity index (χ1) is 13.6. The molecule has 28 heavy (non-hydrogen) atoms. The van der Waals surface area contributed by atoms with Crippen LogP contribution >= 0.6 is 0 Å². The highest BCUT2D eigenvalue weighted by molar-refractivity contribution is 5.95. The largest absolute Gasteiger partial charge is 0.493 e. The van der Waals surface area contributed by atoms with Crippen molar-refractivity contribution in [1.82, 2.24) is 14.7 Å². The van der Waals surface area contributed by atoms with E-state index in [1.165, 1.54) is 5.56 Å². The number of rotatable bonds is 4. The summed E-state index contributed by atoms with van der Waals surface area (Å²) in [5, 5.41) is 4.43. The van der Waals surface area contributed by atoms with Crippen LogP contribution in [0.4, 0.5) is 0 Å². The molecule has 1 aliphatic heterocycles. The molecular formula is C22H23N3O3. The molecule has 0 saturated carbocycles. The Bertz CT molecular complexity index is 1010. The maximum atomic E-state index is 13.2. The van der Waals surface area contributed by atoms with Crippen molar-refractivity contribution in [3.63, 3.8) is 0 Å². The zero-order valence-corrected chi connectivity index (χ0v) is 16.3. The number of nitrogens with zero attached hydrogens (tertiary/aromatic N) is 3. The number of carbonyl (C=O) groups excluding carboxylic acids is 1. The van der Waals surface area contributed by atoms with E-state index in [0.29, 0.717) is 24.4 Å². The quantitative estimate of drug-likeness (QED) is 0.699. The minimum Gasteiger partial charge on any atom is -0.493 e. The fourth-order valence-electron chi connectivity index (χ4n) is 3.68. The molecule has 0 N–H and O–H groups in total. The van der Waals surface area contributed by atoms with Crippen molar-refractivity contribution in [3.8, 4) is 17.2 Å². The Morgan fingerprint density at radius 2 is 1.71 bits per heavy atom. The number of methoxy groups -OCH3 is 2. The number of aromatic nitrogens is 2. The summed E-state index contributed by atoms with van der Waals surface area (Å²) in [7, 11) is 3.26. The van der Waals surface area contributed by atoms with E-state index < -0.39 is 0 Å². The predicted molar refractivity (Wildman–Crippen MR) is 106 cm³/mol. The first-order valence-corrected chi connectivity index (χ1v) is 9.25. The summed E-state index contributed by atoms with van der Waals surface area (Å²) in [6, 6.07) is 13.8. The monoisotopic (exact) mass is 377 g/mol. The van der Waals surface area contributed by atoms with E-state index in [2.05, 4.69) is 5.10 Å². The van der Waals surface area contributed by atoms with Crippen LogP contribution in [0.25, 0.3) is 5.69 Å². The van der Waals surface area contributed by atoms with Gasteiger partial charge >= 0.3 is 0 Å². The van der Waals surface area contributed by atoms with Gasteiger partial charge < -0.3 is 14.4 Å². The van der Waals surface area contributed by atoms with E-state index in [4.69, 9.17) is 9.47 Å². The van der Waals surface area contributed by atoms with Gasteiger partial charge in [-0.2, -0.15) is 5.10 Å². The number of para-hydroxylation sites is 1. The Hall–Kier alpha value is -3.28. The van der Waals surface area contributed by atoms with Gasteiger partial charge in [-0.15, -0.1) is 0 Å². The third-order valence-electron chi connectivity index (χ3n) is 5.25. The second-order valence-electron chi connectivity index (χ2n) is 6.84. The SMILES string of the molecule is COc1cc2c(cc1OC)CN(C(=O)c1cnn(-c3ccccc3)c1C)CC2. The van der Waals surface area contributed by atoms with Gasteiger partial charge in [-0.1, -0.05) is 18.2 Å². The van der Waals surface area contributed by atoms with E-state index in [9.17, 15) is 4.79 Å². The van der Waals surface area contributed by atoms with Gasteiger partial charge in [-0.3, -0.25) is 4.79 Å². The molecule has 0 spiro atoms. The molecule has 1 aliphatic rings. The van der Waals surface area contributed by atoms with Crippen LogP contribution in [0, 0.1) is 6.92 Å². The van der Waals surface area contributed by atoms with Crippen molar-refractivity contribution in [1.29, 1.82) is 0 Å². The van der Waals surface area contributed by atoms with Crippen molar-refractivity contribution in [2.75, 3.05) is 20.8 Å². The van der Waals surface area contributed by atoms with Crippen LogP contribution in [0.5, 0.6) is 11.5 Å². The lowest BCUT2D eigenvalue weighted by Crippen LogP contribution is -2.36. The number of amides is 1. The molecule has 6 heteroatoms. The number of benzene rings is 2. The summed E-state index contributed by atoms with van der Waals surface area (Å²) in [5.74, 6) is 1.41. The Morgan fingerprint density at radius 1 is 1.04 bits per heavy atom. The Labute approximate surface area is 164 Å². The summed E-state index contributed by atoms with van der Waals surface area (Å²) >= 11 is 0. The van der Waals surface area contributed by atoms with Crippen LogP contribution in [-0.4, -0.2) is 41.4 Å². The maximum Gasteiger partial charge on any atom is 0.257 e. The molecule has 2 aromatic carbocycles. The summed E-state index contributed by atoms with van der Waals surface area (Å²) in [5.41, 5.74) is 4.70. The Morgan fingerprint density at radius 3 is 2.39 bits per heavy atom. The second kappa shape index (κ2) is 7.38. The molecule has 144 valence electrons. The van der Waals surface area contributed by atoms with Crippen molar-refractivity contribution in [2.45, 2.75) is 19.9 Å². The average Bonchev–Trinajstić information content (AvgIpc) is 3.13. The number of hydrogen-bond acceptors (Lipinski definition) is 4. The van der Waals surface area contributed by atoms with E-state index >= 15 is 0 Å². The highest BCUT2D eigenvalue weighted by atomic mass is 16.5. The van der Waals surface area contributed by atoms with Crippen LogP contribution < -0.4 is 9.47 Å². The molecule has 0 bridgehead atoms. The fraction of sp³-hybridized carbons (Fsp3) is 0.273. The summed E-state index contributed by atoms with van der Waals surface area (Å²) in [6.07, 6.45) is 2.45. The van der Waals surface area contributed by atoms with Gasteiger partial charge in [-0.05, 0) is 48.7 Å². The Balaban J connectivity index is 1.60. The smallest absolute Gasteiger partial charge is 0.257 e. The highest BCUT2D eigenvalue weighted by Crippen LogP contribution is 2.33. The lowest BCUT2D eigenvalue weighted by atomic mass is 9.98. The third-order valence-corrected chi connectivity index (χ3v) is 5.25. The maximum absolute atomic E-state index is 13.2. The van der Waals surface area contributed by atoms with Gasteiger partial charge in [0.2, 0.25) is 0 Å². The van der Waals surface area contributed by atoms with Crippen LogP contribution in [-0.2, 0) is 13.0 Å². The summed E-state index contributed by atoms with van der Waals surface area (Å²) in [4.78, 5) is 15.0. The molecule has 0 radical (unpaired) electrons. The van der Waals surface area contributed by atoms with Crippen molar-refractivity contribution >= 4 is 5.91 Å². The molecule has 0 unspecified atom stereocenters. The number of fused-ring (bicyclic) bond motifs is 1. The molecule has 0 saturated heterocycles. The van der Waals surface area contributed by atoms with E-state index in [1.54, 1.807) is 25.1 Å².